The lowest BCUT2D eigenvalue weighted by Crippen LogP contribution is -2.18. The topological polar surface area (TPSA) is 35.5 Å². The molecule has 3 nitrogen and oxygen atoms in total. The summed E-state index contributed by atoms with van der Waals surface area (Å²) in [4.78, 5) is 10.6. The lowest BCUT2D eigenvalue weighted by Gasteiger charge is -2.10. The van der Waals surface area contributed by atoms with Crippen molar-refractivity contribution in [2.45, 2.75) is 20.0 Å². The van der Waals surface area contributed by atoms with E-state index in [4.69, 9.17) is 9.47 Å². The van der Waals surface area contributed by atoms with Crippen molar-refractivity contribution in [3.63, 3.8) is 0 Å². The Morgan fingerprint density at radius 1 is 1.73 bits per heavy atom. The van der Waals surface area contributed by atoms with Crippen molar-refractivity contribution in [3.8, 4) is 0 Å². The molecule has 0 aromatic carbocycles. The van der Waals surface area contributed by atoms with Gasteiger partial charge in [0.1, 0.15) is 6.10 Å². The van der Waals surface area contributed by atoms with Gasteiger partial charge in [0.25, 0.3) is 0 Å². The smallest absolute Gasteiger partial charge is 0.330 e. The molecular weight excluding hydrogens is 144 g/mol. The Morgan fingerprint density at radius 3 is 2.82 bits per heavy atom. The second kappa shape index (κ2) is 5.92. The highest BCUT2D eigenvalue weighted by Gasteiger charge is 2.04. The Labute approximate surface area is 67.0 Å². The summed E-state index contributed by atoms with van der Waals surface area (Å²) in [5, 5.41) is 0. The first-order valence-electron chi connectivity index (χ1n) is 3.61. The molecule has 0 rings (SSSR count). The van der Waals surface area contributed by atoms with Gasteiger partial charge in [0.2, 0.25) is 0 Å². The number of carbonyl (C=O) groups is 1. The third-order valence-electron chi connectivity index (χ3n) is 1.04. The Hall–Kier alpha value is -0.830. The Morgan fingerprint density at radius 2 is 2.36 bits per heavy atom. The van der Waals surface area contributed by atoms with E-state index in [1.54, 1.807) is 6.92 Å². The average molecular weight is 158 g/mol. The van der Waals surface area contributed by atoms with Crippen molar-refractivity contribution >= 4 is 5.97 Å². The van der Waals surface area contributed by atoms with E-state index in [1.165, 1.54) is 0 Å². The molecule has 0 aliphatic carbocycles. The minimum absolute atomic E-state index is 0.194. The van der Waals surface area contributed by atoms with E-state index >= 15 is 0 Å². The number of ether oxygens (including phenoxy) is 2. The summed E-state index contributed by atoms with van der Waals surface area (Å²) in [6.07, 6.45) is 0.947. The fourth-order valence-corrected chi connectivity index (χ4v) is 0.564. The van der Waals surface area contributed by atoms with Gasteiger partial charge in [-0.05, 0) is 13.8 Å². The van der Waals surface area contributed by atoms with Crippen LogP contribution in [-0.2, 0) is 14.3 Å². The van der Waals surface area contributed by atoms with Crippen molar-refractivity contribution in [3.05, 3.63) is 12.7 Å². The molecule has 0 amide bonds. The lowest BCUT2D eigenvalue weighted by atomic mass is 10.4. The summed E-state index contributed by atoms with van der Waals surface area (Å²) in [6.45, 7) is 8.02. The predicted molar refractivity (Wildman–Crippen MR) is 42.2 cm³/mol. The first-order chi connectivity index (χ1) is 5.20. The predicted octanol–water partition coefficient (Wildman–Crippen LogP) is 1.14. The number of esters is 1. The molecule has 0 bridgehead atoms. The first-order valence-corrected chi connectivity index (χ1v) is 3.61. The molecule has 0 heterocycles. The van der Waals surface area contributed by atoms with E-state index in [9.17, 15) is 4.79 Å². The van der Waals surface area contributed by atoms with Crippen LogP contribution in [0.2, 0.25) is 0 Å². The Kier molecular flexibility index (Phi) is 5.47. The van der Waals surface area contributed by atoms with Crippen molar-refractivity contribution in [2.24, 2.45) is 0 Å². The molecule has 1 unspecified atom stereocenters. The van der Waals surface area contributed by atoms with Crippen LogP contribution in [0.5, 0.6) is 0 Å². The summed E-state index contributed by atoms with van der Waals surface area (Å²) in [5.74, 6) is -0.405. The lowest BCUT2D eigenvalue weighted by molar-refractivity contribution is -0.144. The normalized spacial score (nSPS) is 12.2. The molecule has 3 heteroatoms. The quantitative estimate of drug-likeness (QED) is 0.444. The summed E-state index contributed by atoms with van der Waals surface area (Å²) in [5.41, 5.74) is 0. The SMILES string of the molecule is C=CC(=O)OC(C)COCC. The number of rotatable bonds is 5. The summed E-state index contributed by atoms with van der Waals surface area (Å²) in [6, 6.07) is 0. The minimum Gasteiger partial charge on any atom is -0.457 e. The molecule has 0 spiro atoms. The third-order valence-corrected chi connectivity index (χ3v) is 1.04. The Bertz CT molecular complexity index is 131. The molecule has 0 aliphatic rings. The second-order valence-corrected chi connectivity index (χ2v) is 2.11. The number of carbonyl (C=O) groups excluding carboxylic acids is 1. The number of hydrogen-bond donors (Lipinski definition) is 0. The maximum atomic E-state index is 10.6. The zero-order valence-corrected chi connectivity index (χ0v) is 7.00. The summed E-state index contributed by atoms with van der Waals surface area (Å²) < 4.78 is 9.85. The van der Waals surface area contributed by atoms with Crippen LogP contribution in [-0.4, -0.2) is 25.3 Å². The number of hydrogen-bond acceptors (Lipinski definition) is 3. The minimum atomic E-state index is -0.405. The van der Waals surface area contributed by atoms with Gasteiger partial charge in [0, 0.05) is 12.7 Å². The highest BCUT2D eigenvalue weighted by atomic mass is 16.6. The molecule has 0 radical (unpaired) electrons. The van der Waals surface area contributed by atoms with Crippen LogP contribution in [0.25, 0.3) is 0 Å². The summed E-state index contributed by atoms with van der Waals surface area (Å²) >= 11 is 0. The van der Waals surface area contributed by atoms with E-state index in [0.29, 0.717) is 13.2 Å². The van der Waals surface area contributed by atoms with E-state index < -0.39 is 5.97 Å². The average Bonchev–Trinajstić information content (AvgIpc) is 2.00. The molecule has 0 aromatic rings. The molecule has 64 valence electrons. The van der Waals surface area contributed by atoms with Gasteiger partial charge in [-0.2, -0.15) is 0 Å². The molecule has 0 aliphatic heterocycles. The van der Waals surface area contributed by atoms with Crippen molar-refractivity contribution in [2.75, 3.05) is 13.2 Å². The highest BCUT2D eigenvalue weighted by Crippen LogP contribution is 1.92. The molecule has 0 saturated heterocycles. The van der Waals surface area contributed by atoms with Crippen molar-refractivity contribution in [1.82, 2.24) is 0 Å². The fourth-order valence-electron chi connectivity index (χ4n) is 0.564. The molecule has 0 saturated carbocycles. The van der Waals surface area contributed by atoms with E-state index in [1.807, 2.05) is 6.92 Å². The van der Waals surface area contributed by atoms with Gasteiger partial charge >= 0.3 is 5.97 Å². The zero-order chi connectivity index (χ0) is 8.69. The summed E-state index contributed by atoms with van der Waals surface area (Å²) in [7, 11) is 0. The molecular formula is C8H14O3. The largest absolute Gasteiger partial charge is 0.457 e. The van der Waals surface area contributed by atoms with E-state index in [2.05, 4.69) is 6.58 Å². The van der Waals surface area contributed by atoms with E-state index in [0.717, 1.165) is 6.08 Å². The van der Waals surface area contributed by atoms with Gasteiger partial charge < -0.3 is 9.47 Å². The van der Waals surface area contributed by atoms with Gasteiger partial charge in [0.05, 0.1) is 6.61 Å². The molecule has 1 atom stereocenters. The Balaban J connectivity index is 3.43. The van der Waals surface area contributed by atoms with Crippen molar-refractivity contribution < 1.29 is 14.3 Å². The fraction of sp³-hybridized carbons (Fsp3) is 0.625. The van der Waals surface area contributed by atoms with Crippen LogP contribution in [0.3, 0.4) is 0 Å². The highest BCUT2D eigenvalue weighted by molar-refractivity contribution is 5.81. The third kappa shape index (κ3) is 5.61. The van der Waals surface area contributed by atoms with Crippen LogP contribution in [0.15, 0.2) is 12.7 Å². The molecule has 0 aromatic heterocycles. The standard InChI is InChI=1S/C8H14O3/c1-4-8(9)11-7(3)6-10-5-2/h4,7H,1,5-6H2,2-3H3. The van der Waals surface area contributed by atoms with Crippen LogP contribution in [0.4, 0.5) is 0 Å². The van der Waals surface area contributed by atoms with Gasteiger partial charge in [-0.1, -0.05) is 6.58 Å². The second-order valence-electron chi connectivity index (χ2n) is 2.11. The van der Waals surface area contributed by atoms with E-state index in [-0.39, 0.29) is 6.10 Å². The van der Waals surface area contributed by atoms with Crippen LogP contribution in [0, 0.1) is 0 Å². The van der Waals surface area contributed by atoms with Crippen LogP contribution >= 0.6 is 0 Å². The first kappa shape index (κ1) is 10.2. The molecule has 0 N–H and O–H groups in total. The van der Waals surface area contributed by atoms with Crippen molar-refractivity contribution in [1.29, 1.82) is 0 Å². The maximum Gasteiger partial charge on any atom is 0.330 e. The van der Waals surface area contributed by atoms with Gasteiger partial charge in [0.15, 0.2) is 0 Å². The van der Waals surface area contributed by atoms with Crippen LogP contribution < -0.4 is 0 Å². The zero-order valence-electron chi connectivity index (χ0n) is 7.00. The van der Waals surface area contributed by atoms with Gasteiger partial charge in [-0.15, -0.1) is 0 Å². The van der Waals surface area contributed by atoms with Gasteiger partial charge in [-0.25, -0.2) is 4.79 Å². The van der Waals surface area contributed by atoms with Gasteiger partial charge in [-0.3, -0.25) is 0 Å². The maximum absolute atomic E-state index is 10.6. The van der Waals surface area contributed by atoms with Crippen LogP contribution in [0.1, 0.15) is 13.8 Å². The molecule has 0 fully saturated rings. The molecule has 11 heavy (non-hydrogen) atoms. The monoisotopic (exact) mass is 158 g/mol.